The lowest BCUT2D eigenvalue weighted by atomic mass is 10.2. The molecule has 2 amide bonds. The third kappa shape index (κ3) is 6.17. The number of aromatic carboxylic acids is 1. The first-order chi connectivity index (χ1) is 15.4. The van der Waals surface area contributed by atoms with Crippen molar-refractivity contribution in [3.8, 4) is 0 Å². The molecule has 0 aliphatic rings. The quantitative estimate of drug-likeness (QED) is 0.351. The molecule has 3 aromatic carbocycles. The monoisotopic (exact) mass is 446 g/mol. The zero-order valence-corrected chi connectivity index (χ0v) is 17.5. The number of anilines is 1. The van der Waals surface area contributed by atoms with Crippen LogP contribution in [0, 0.1) is 0 Å². The molecule has 0 aliphatic carbocycles. The van der Waals surface area contributed by atoms with Gasteiger partial charge in [-0.25, -0.2) is 4.79 Å². The molecule has 0 unspecified atom stereocenters. The average molecular weight is 447 g/mol. The normalized spacial score (nSPS) is 11.2. The molecule has 0 spiro atoms. The fourth-order valence-corrected chi connectivity index (χ4v) is 2.94. The number of benzene rings is 3. The smallest absolute Gasteiger partial charge is 0.335 e. The van der Waals surface area contributed by atoms with Gasteiger partial charge in [-0.15, -0.1) is 0 Å². The lowest BCUT2D eigenvalue weighted by molar-refractivity contribution is -0.113. The molecule has 3 N–H and O–H groups in total. The predicted molar refractivity (Wildman–Crippen MR) is 125 cm³/mol. The summed E-state index contributed by atoms with van der Waals surface area (Å²) in [5.41, 5.74) is 1.61. The van der Waals surface area contributed by atoms with Crippen molar-refractivity contribution >= 4 is 41.1 Å². The molecule has 0 aliphatic heterocycles. The van der Waals surface area contributed by atoms with Crippen LogP contribution < -0.4 is 10.6 Å². The van der Waals surface area contributed by atoms with Crippen LogP contribution in [0.25, 0.3) is 6.08 Å². The second kappa shape index (κ2) is 10.7. The van der Waals surface area contributed by atoms with Crippen LogP contribution in [0.4, 0.5) is 5.69 Å². The van der Waals surface area contributed by atoms with Crippen LogP contribution in [-0.4, -0.2) is 22.9 Å². The zero-order valence-electron chi connectivity index (χ0n) is 16.8. The Morgan fingerprint density at radius 3 is 2.16 bits per heavy atom. The van der Waals surface area contributed by atoms with Gasteiger partial charge in [0.15, 0.2) is 0 Å². The van der Waals surface area contributed by atoms with Crippen molar-refractivity contribution < 1.29 is 19.5 Å². The van der Waals surface area contributed by atoms with E-state index in [1.54, 1.807) is 36.4 Å². The Bertz CT molecular complexity index is 1190. The first kappa shape index (κ1) is 22.5. The van der Waals surface area contributed by atoms with E-state index in [1.807, 2.05) is 30.3 Å². The topological polar surface area (TPSA) is 95.5 Å². The molecule has 0 saturated heterocycles. The van der Waals surface area contributed by atoms with Crippen molar-refractivity contribution in [3.05, 3.63) is 118 Å². The van der Waals surface area contributed by atoms with Gasteiger partial charge in [-0.3, -0.25) is 9.59 Å². The van der Waals surface area contributed by atoms with E-state index in [0.29, 0.717) is 5.69 Å². The van der Waals surface area contributed by atoms with Gasteiger partial charge in [0, 0.05) is 5.69 Å². The molecule has 7 heteroatoms. The first-order valence-electron chi connectivity index (χ1n) is 9.58. The Labute approximate surface area is 189 Å². The molecule has 6 nitrogen and oxygen atoms in total. The number of carboxylic acids is 1. The minimum Gasteiger partial charge on any atom is -0.478 e. The summed E-state index contributed by atoms with van der Waals surface area (Å²) in [7, 11) is 0. The number of carbonyl (C=O) groups excluding carboxylic acids is 2. The molecule has 32 heavy (non-hydrogen) atoms. The van der Waals surface area contributed by atoms with E-state index < -0.39 is 17.8 Å². The SMILES string of the molecule is O=C(Nc1ccc(C(=O)O)cc1)C(=CC=Cc1ccccc1)NC(=O)c1ccccc1Cl. The number of amides is 2. The minimum absolute atomic E-state index is 0.00980. The van der Waals surface area contributed by atoms with Crippen molar-refractivity contribution in [1.29, 1.82) is 0 Å². The largest absolute Gasteiger partial charge is 0.478 e. The highest BCUT2D eigenvalue weighted by Gasteiger charge is 2.16. The van der Waals surface area contributed by atoms with Crippen molar-refractivity contribution in [3.63, 3.8) is 0 Å². The number of rotatable bonds is 7. The van der Waals surface area contributed by atoms with E-state index in [4.69, 9.17) is 16.7 Å². The summed E-state index contributed by atoms with van der Waals surface area (Å²) in [6.45, 7) is 0. The zero-order chi connectivity index (χ0) is 22.9. The highest BCUT2D eigenvalue weighted by Crippen LogP contribution is 2.16. The number of carbonyl (C=O) groups is 3. The van der Waals surface area contributed by atoms with Gasteiger partial charge >= 0.3 is 5.97 Å². The number of hydrogen-bond donors (Lipinski definition) is 3. The van der Waals surface area contributed by atoms with E-state index >= 15 is 0 Å². The molecule has 0 fully saturated rings. The third-order valence-electron chi connectivity index (χ3n) is 4.35. The molecule has 0 radical (unpaired) electrons. The van der Waals surface area contributed by atoms with E-state index in [-0.39, 0.29) is 21.8 Å². The lowest BCUT2D eigenvalue weighted by Crippen LogP contribution is -2.31. The maximum Gasteiger partial charge on any atom is 0.335 e. The van der Waals surface area contributed by atoms with Crippen LogP contribution in [0.15, 0.2) is 96.7 Å². The van der Waals surface area contributed by atoms with Gasteiger partial charge in [0.1, 0.15) is 5.70 Å². The van der Waals surface area contributed by atoms with Crippen molar-refractivity contribution in [2.75, 3.05) is 5.32 Å². The molecule has 0 saturated carbocycles. The Balaban J connectivity index is 1.83. The van der Waals surface area contributed by atoms with E-state index in [2.05, 4.69) is 10.6 Å². The molecule has 3 rings (SSSR count). The van der Waals surface area contributed by atoms with Crippen molar-refractivity contribution in [1.82, 2.24) is 5.32 Å². The van der Waals surface area contributed by atoms with Gasteiger partial charge in [-0.05, 0) is 48.0 Å². The summed E-state index contributed by atoms with van der Waals surface area (Å²) in [4.78, 5) is 36.5. The maximum absolute atomic E-state index is 12.8. The van der Waals surface area contributed by atoms with Gasteiger partial charge in [0.05, 0.1) is 16.1 Å². The summed E-state index contributed by atoms with van der Waals surface area (Å²) in [6.07, 6.45) is 4.91. The van der Waals surface area contributed by atoms with Gasteiger partial charge in [-0.2, -0.15) is 0 Å². The van der Waals surface area contributed by atoms with Crippen LogP contribution in [0.1, 0.15) is 26.3 Å². The average Bonchev–Trinajstić information content (AvgIpc) is 2.79. The van der Waals surface area contributed by atoms with Crippen LogP contribution in [0.5, 0.6) is 0 Å². The molecule has 0 bridgehead atoms. The van der Waals surface area contributed by atoms with Crippen LogP contribution in [-0.2, 0) is 4.79 Å². The molecule has 0 aromatic heterocycles. The van der Waals surface area contributed by atoms with Crippen LogP contribution >= 0.6 is 11.6 Å². The molecule has 160 valence electrons. The van der Waals surface area contributed by atoms with Crippen LogP contribution in [0.3, 0.4) is 0 Å². The van der Waals surface area contributed by atoms with Crippen molar-refractivity contribution in [2.45, 2.75) is 0 Å². The lowest BCUT2D eigenvalue weighted by Gasteiger charge is -2.11. The highest BCUT2D eigenvalue weighted by molar-refractivity contribution is 6.34. The molecular weight excluding hydrogens is 428 g/mol. The first-order valence-corrected chi connectivity index (χ1v) is 9.96. The highest BCUT2D eigenvalue weighted by atomic mass is 35.5. The van der Waals surface area contributed by atoms with Gasteiger partial charge in [-0.1, -0.05) is 66.2 Å². The summed E-state index contributed by atoms with van der Waals surface area (Å²) in [6, 6.07) is 21.7. The van der Waals surface area contributed by atoms with Gasteiger partial charge in [0.2, 0.25) is 0 Å². The molecule has 3 aromatic rings. The third-order valence-corrected chi connectivity index (χ3v) is 4.68. The maximum atomic E-state index is 12.8. The Hall–Kier alpha value is -4.16. The molecular formula is C25H19ClN2O4. The van der Waals surface area contributed by atoms with Gasteiger partial charge < -0.3 is 15.7 Å². The van der Waals surface area contributed by atoms with E-state index in [0.717, 1.165) is 5.56 Å². The molecule has 0 heterocycles. The summed E-state index contributed by atoms with van der Waals surface area (Å²) < 4.78 is 0. The number of halogens is 1. The summed E-state index contributed by atoms with van der Waals surface area (Å²) in [5, 5.41) is 14.5. The predicted octanol–water partition coefficient (Wildman–Crippen LogP) is 5.00. The number of nitrogens with one attached hydrogen (secondary N) is 2. The van der Waals surface area contributed by atoms with Crippen molar-refractivity contribution in [2.24, 2.45) is 0 Å². The Kier molecular flexibility index (Phi) is 7.56. The fourth-order valence-electron chi connectivity index (χ4n) is 2.72. The Morgan fingerprint density at radius 1 is 0.844 bits per heavy atom. The van der Waals surface area contributed by atoms with E-state index in [1.165, 1.54) is 30.3 Å². The van der Waals surface area contributed by atoms with E-state index in [9.17, 15) is 14.4 Å². The second-order valence-electron chi connectivity index (χ2n) is 6.62. The summed E-state index contributed by atoms with van der Waals surface area (Å²) in [5.74, 6) is -2.18. The molecule has 0 atom stereocenters. The minimum atomic E-state index is -1.07. The fraction of sp³-hybridized carbons (Fsp3) is 0. The standard InChI is InChI=1S/C25H19ClN2O4/c26-21-11-5-4-10-20(21)23(29)28-22(12-6-9-17-7-2-1-3-8-17)24(30)27-19-15-13-18(14-16-19)25(31)32/h1-16H,(H,27,30)(H,28,29)(H,31,32). The van der Waals surface area contributed by atoms with Crippen LogP contribution in [0.2, 0.25) is 5.02 Å². The second-order valence-corrected chi connectivity index (χ2v) is 7.03. The summed E-state index contributed by atoms with van der Waals surface area (Å²) >= 11 is 6.09. The number of allylic oxidation sites excluding steroid dienone is 2. The Morgan fingerprint density at radius 2 is 1.50 bits per heavy atom. The number of hydrogen-bond acceptors (Lipinski definition) is 3. The number of carboxylic acid groups (broad SMARTS) is 1. The van der Waals surface area contributed by atoms with Gasteiger partial charge in [0.25, 0.3) is 11.8 Å².